The fourth-order valence-electron chi connectivity index (χ4n) is 4.57. The van der Waals surface area contributed by atoms with Gasteiger partial charge in [-0.1, -0.05) is 36.8 Å². The quantitative estimate of drug-likeness (QED) is 0.759. The number of hydrogen-bond acceptors (Lipinski definition) is 3. The lowest BCUT2D eigenvalue weighted by atomic mass is 9.59. The molecule has 2 unspecified atom stereocenters. The Labute approximate surface area is 114 Å². The smallest absolute Gasteiger partial charge is 0.154 e. The molecular formula is C16H20N2O. The van der Waals surface area contributed by atoms with E-state index >= 15 is 0 Å². The summed E-state index contributed by atoms with van der Waals surface area (Å²) < 4.78 is 0. The summed E-state index contributed by atoms with van der Waals surface area (Å²) in [6, 6.07) is 8.54. The summed E-state index contributed by atoms with van der Waals surface area (Å²) in [5.41, 5.74) is 2.02. The summed E-state index contributed by atoms with van der Waals surface area (Å²) >= 11 is 0. The summed E-state index contributed by atoms with van der Waals surface area (Å²) in [5.74, 6) is 0.470. The Morgan fingerprint density at radius 1 is 1.11 bits per heavy atom. The Kier molecular flexibility index (Phi) is 2.12. The van der Waals surface area contributed by atoms with Crippen LogP contribution in [-0.2, 0) is 10.2 Å². The number of Topliss-reactive ketones (excluding diaryl/α,β-unsaturated/α-hetero) is 1. The van der Waals surface area contributed by atoms with Crippen molar-refractivity contribution in [1.29, 1.82) is 0 Å². The molecule has 4 saturated heterocycles. The van der Waals surface area contributed by atoms with E-state index in [9.17, 15) is 4.79 Å². The summed E-state index contributed by atoms with van der Waals surface area (Å²) in [4.78, 5) is 18.0. The Morgan fingerprint density at radius 3 is 2.42 bits per heavy atom. The Balaban J connectivity index is 1.87. The van der Waals surface area contributed by atoms with Gasteiger partial charge < -0.3 is 0 Å². The molecule has 3 heteroatoms. The molecule has 4 bridgehead atoms. The zero-order valence-corrected chi connectivity index (χ0v) is 11.6. The number of carbonyl (C=O) groups is 1. The molecule has 0 saturated carbocycles. The third kappa shape index (κ3) is 1.43. The van der Waals surface area contributed by atoms with Gasteiger partial charge in [-0.2, -0.15) is 0 Å². The van der Waals surface area contributed by atoms with Crippen molar-refractivity contribution in [2.45, 2.75) is 19.3 Å². The van der Waals surface area contributed by atoms with E-state index in [0.717, 1.165) is 32.8 Å². The second-order valence-electron chi connectivity index (χ2n) is 6.96. The zero-order chi connectivity index (χ0) is 13.3. The average molecular weight is 256 g/mol. The molecule has 0 radical (unpaired) electrons. The van der Waals surface area contributed by atoms with Crippen LogP contribution in [0.15, 0.2) is 24.3 Å². The summed E-state index contributed by atoms with van der Waals surface area (Å²) in [5, 5.41) is 0. The van der Waals surface area contributed by atoms with E-state index in [0.29, 0.717) is 5.78 Å². The average Bonchev–Trinajstić information content (AvgIpc) is 2.34. The number of piperidine rings is 2. The number of benzene rings is 1. The largest absolute Gasteiger partial charge is 0.298 e. The molecule has 19 heavy (non-hydrogen) atoms. The van der Waals surface area contributed by atoms with Crippen molar-refractivity contribution < 1.29 is 4.79 Å². The van der Waals surface area contributed by atoms with Crippen LogP contribution in [0.5, 0.6) is 0 Å². The minimum Gasteiger partial charge on any atom is -0.298 e. The van der Waals surface area contributed by atoms with Gasteiger partial charge in [-0.15, -0.1) is 0 Å². The molecule has 4 heterocycles. The first-order chi connectivity index (χ1) is 9.02. The third-order valence-electron chi connectivity index (χ3n) is 5.09. The lowest BCUT2D eigenvalue weighted by Gasteiger charge is -2.62. The van der Waals surface area contributed by atoms with Crippen LogP contribution < -0.4 is 0 Å². The predicted octanol–water partition coefficient (Wildman–Crippen LogP) is 1.41. The van der Waals surface area contributed by atoms with Gasteiger partial charge in [0.1, 0.15) is 0 Å². The SMILES string of the molecule is Cc1cccc(C23CN4CN(CC(C)(C4)C2=O)C3)c1. The van der Waals surface area contributed by atoms with Crippen molar-refractivity contribution in [2.24, 2.45) is 5.41 Å². The molecule has 0 spiro atoms. The molecule has 0 aliphatic carbocycles. The van der Waals surface area contributed by atoms with Crippen molar-refractivity contribution in [3.63, 3.8) is 0 Å². The summed E-state index contributed by atoms with van der Waals surface area (Å²) in [7, 11) is 0. The van der Waals surface area contributed by atoms with Crippen LogP contribution in [0.1, 0.15) is 18.1 Å². The van der Waals surface area contributed by atoms with Crippen molar-refractivity contribution in [3.05, 3.63) is 35.4 Å². The molecule has 100 valence electrons. The Hall–Kier alpha value is -1.19. The Bertz CT molecular complexity index is 552. The summed E-state index contributed by atoms with van der Waals surface area (Å²) in [6.07, 6.45) is 0. The third-order valence-corrected chi connectivity index (χ3v) is 5.09. The maximum absolute atomic E-state index is 13.1. The molecule has 2 atom stereocenters. The van der Waals surface area contributed by atoms with Gasteiger partial charge >= 0.3 is 0 Å². The van der Waals surface area contributed by atoms with Crippen LogP contribution in [0.25, 0.3) is 0 Å². The molecule has 3 nitrogen and oxygen atoms in total. The number of aryl methyl sites for hydroxylation is 1. The lowest BCUT2D eigenvalue weighted by molar-refractivity contribution is -0.168. The molecule has 1 aromatic rings. The van der Waals surface area contributed by atoms with Crippen molar-refractivity contribution in [2.75, 3.05) is 32.8 Å². The maximum atomic E-state index is 13.1. The molecular weight excluding hydrogens is 236 g/mol. The highest BCUT2D eigenvalue weighted by molar-refractivity contribution is 5.97. The van der Waals surface area contributed by atoms with E-state index in [1.54, 1.807) is 0 Å². The van der Waals surface area contributed by atoms with Gasteiger partial charge in [-0.25, -0.2) is 0 Å². The molecule has 4 aliphatic rings. The number of rotatable bonds is 1. The van der Waals surface area contributed by atoms with E-state index in [2.05, 4.69) is 47.9 Å². The second-order valence-corrected chi connectivity index (χ2v) is 6.96. The number of ketones is 1. The first-order valence-corrected chi connectivity index (χ1v) is 7.09. The van der Waals surface area contributed by atoms with Gasteiger partial charge in [0, 0.05) is 26.2 Å². The fourth-order valence-corrected chi connectivity index (χ4v) is 4.57. The summed E-state index contributed by atoms with van der Waals surface area (Å²) in [6.45, 7) is 8.99. The highest BCUT2D eigenvalue weighted by atomic mass is 16.1. The van der Waals surface area contributed by atoms with E-state index in [4.69, 9.17) is 0 Å². The normalized spacial score (nSPS) is 43.8. The zero-order valence-electron chi connectivity index (χ0n) is 11.6. The molecule has 5 rings (SSSR count). The number of carbonyl (C=O) groups excluding carboxylic acids is 1. The van der Waals surface area contributed by atoms with Crippen LogP contribution in [-0.4, -0.2) is 48.4 Å². The van der Waals surface area contributed by atoms with Gasteiger partial charge in [-0.05, 0) is 12.5 Å². The predicted molar refractivity (Wildman–Crippen MR) is 74.0 cm³/mol. The van der Waals surface area contributed by atoms with E-state index in [1.165, 1.54) is 11.1 Å². The standard InChI is InChI=1S/C16H20N2O/c1-12-4-3-5-13(6-12)16-9-17-7-15(2,14(16)19)8-18(10-16)11-17/h3-6H,7-11H2,1-2H3. The van der Waals surface area contributed by atoms with Crippen LogP contribution in [0.3, 0.4) is 0 Å². The van der Waals surface area contributed by atoms with Gasteiger partial charge in [-0.3, -0.25) is 14.6 Å². The lowest BCUT2D eigenvalue weighted by Crippen LogP contribution is -2.77. The van der Waals surface area contributed by atoms with Gasteiger partial charge in [0.25, 0.3) is 0 Å². The van der Waals surface area contributed by atoms with Gasteiger partial charge in [0.15, 0.2) is 5.78 Å². The molecule has 1 aromatic carbocycles. The number of hydrogen-bond donors (Lipinski definition) is 0. The second kappa shape index (κ2) is 3.47. The van der Waals surface area contributed by atoms with Crippen LogP contribution in [0.2, 0.25) is 0 Å². The molecule has 4 fully saturated rings. The minimum atomic E-state index is -0.282. The molecule has 0 aromatic heterocycles. The minimum absolute atomic E-state index is 0.168. The monoisotopic (exact) mass is 256 g/mol. The first kappa shape index (κ1) is 11.6. The highest BCUT2D eigenvalue weighted by Crippen LogP contribution is 2.47. The van der Waals surface area contributed by atoms with Crippen molar-refractivity contribution in [3.8, 4) is 0 Å². The number of nitrogens with zero attached hydrogens (tertiary/aromatic N) is 2. The van der Waals surface area contributed by atoms with Crippen LogP contribution in [0.4, 0.5) is 0 Å². The van der Waals surface area contributed by atoms with Crippen LogP contribution >= 0.6 is 0 Å². The maximum Gasteiger partial charge on any atom is 0.154 e. The molecule has 4 aliphatic heterocycles. The van der Waals surface area contributed by atoms with Crippen molar-refractivity contribution >= 4 is 5.78 Å². The van der Waals surface area contributed by atoms with E-state index < -0.39 is 0 Å². The molecule has 0 N–H and O–H groups in total. The van der Waals surface area contributed by atoms with E-state index in [1.807, 2.05) is 0 Å². The van der Waals surface area contributed by atoms with E-state index in [-0.39, 0.29) is 10.8 Å². The first-order valence-electron chi connectivity index (χ1n) is 7.09. The van der Waals surface area contributed by atoms with Crippen molar-refractivity contribution in [1.82, 2.24) is 9.80 Å². The van der Waals surface area contributed by atoms with Crippen LogP contribution in [0, 0.1) is 12.3 Å². The highest BCUT2D eigenvalue weighted by Gasteiger charge is 2.61. The van der Waals surface area contributed by atoms with Gasteiger partial charge in [0.2, 0.25) is 0 Å². The topological polar surface area (TPSA) is 23.6 Å². The van der Waals surface area contributed by atoms with Gasteiger partial charge in [0.05, 0.1) is 17.5 Å². The molecule has 0 amide bonds. The Morgan fingerprint density at radius 2 is 1.79 bits per heavy atom. The fraction of sp³-hybridized carbons (Fsp3) is 0.562.